The summed E-state index contributed by atoms with van der Waals surface area (Å²) in [6.45, 7) is 13.9. The van der Waals surface area contributed by atoms with E-state index in [0.29, 0.717) is 5.92 Å². The van der Waals surface area contributed by atoms with Gasteiger partial charge in [0.05, 0.1) is 17.1 Å². The monoisotopic (exact) mass is 330 g/mol. The van der Waals surface area contributed by atoms with E-state index < -0.39 is 0 Å². The number of rotatable bonds is 6. The Morgan fingerprint density at radius 1 is 1.25 bits per heavy atom. The molecule has 0 N–H and O–H groups in total. The highest BCUT2D eigenvalue weighted by Gasteiger charge is 2.24. The zero-order valence-corrected chi connectivity index (χ0v) is 15.4. The van der Waals surface area contributed by atoms with Gasteiger partial charge in [0, 0.05) is 51.9 Å². The third-order valence-electron chi connectivity index (χ3n) is 5.03. The van der Waals surface area contributed by atoms with E-state index in [2.05, 4.69) is 57.6 Å². The summed E-state index contributed by atoms with van der Waals surface area (Å²) in [6.07, 6.45) is 1.93. The molecule has 0 bridgehead atoms. The van der Waals surface area contributed by atoms with Crippen molar-refractivity contribution in [3.8, 4) is 0 Å². The zero-order valence-electron chi connectivity index (χ0n) is 15.4. The fourth-order valence-corrected chi connectivity index (χ4v) is 3.74. The molecule has 2 aromatic heterocycles. The van der Waals surface area contributed by atoms with E-state index in [4.69, 9.17) is 0 Å². The number of hydrogen-bond donors (Lipinski definition) is 0. The largest absolute Gasteiger partial charge is 0.303 e. The third-order valence-corrected chi connectivity index (χ3v) is 5.03. The molecule has 0 aromatic carbocycles. The molecule has 0 aliphatic carbocycles. The standard InChI is InChI=1S/C18H30N6/c1-5-22(6-2)10-16-11-23(13-17-7-8-19-24(17)12-16)14-18-9-15(3)20-21(18)4/h7-9,16H,5-6,10-14H2,1-4H3/t16-/m1/s1. The molecule has 0 radical (unpaired) electrons. The Kier molecular flexibility index (Phi) is 5.36. The van der Waals surface area contributed by atoms with Gasteiger partial charge in [-0.05, 0) is 32.1 Å². The van der Waals surface area contributed by atoms with E-state index in [1.54, 1.807) is 0 Å². The van der Waals surface area contributed by atoms with Crippen LogP contribution in [0.1, 0.15) is 30.9 Å². The van der Waals surface area contributed by atoms with Crippen LogP contribution in [0.3, 0.4) is 0 Å². The van der Waals surface area contributed by atoms with Gasteiger partial charge in [-0.25, -0.2) is 0 Å². The molecule has 0 saturated carbocycles. The summed E-state index contributed by atoms with van der Waals surface area (Å²) in [5.41, 5.74) is 3.69. The average molecular weight is 330 g/mol. The van der Waals surface area contributed by atoms with Crippen LogP contribution in [0.25, 0.3) is 0 Å². The van der Waals surface area contributed by atoms with Crippen LogP contribution in [0.2, 0.25) is 0 Å². The van der Waals surface area contributed by atoms with E-state index in [9.17, 15) is 0 Å². The van der Waals surface area contributed by atoms with Crippen LogP contribution in [0.4, 0.5) is 0 Å². The van der Waals surface area contributed by atoms with Crippen molar-refractivity contribution < 1.29 is 0 Å². The molecule has 0 saturated heterocycles. The summed E-state index contributed by atoms with van der Waals surface area (Å²) in [5.74, 6) is 0.598. The van der Waals surface area contributed by atoms with E-state index >= 15 is 0 Å². The van der Waals surface area contributed by atoms with Gasteiger partial charge in [0.1, 0.15) is 0 Å². The van der Waals surface area contributed by atoms with Gasteiger partial charge in [-0.15, -0.1) is 0 Å². The van der Waals surface area contributed by atoms with E-state index in [-0.39, 0.29) is 0 Å². The van der Waals surface area contributed by atoms with Crippen LogP contribution >= 0.6 is 0 Å². The predicted octanol–water partition coefficient (Wildman–Crippen LogP) is 1.90. The lowest BCUT2D eigenvalue weighted by molar-refractivity contribution is 0.171. The van der Waals surface area contributed by atoms with Gasteiger partial charge in [-0.1, -0.05) is 13.8 Å². The van der Waals surface area contributed by atoms with Crippen molar-refractivity contribution in [2.45, 2.75) is 40.4 Å². The minimum absolute atomic E-state index is 0.598. The first kappa shape index (κ1) is 17.2. The molecule has 1 aliphatic heterocycles. The smallest absolute Gasteiger partial charge is 0.0597 e. The Balaban J connectivity index is 1.77. The second-order valence-corrected chi connectivity index (χ2v) is 6.93. The number of aryl methyl sites for hydroxylation is 2. The Bertz CT molecular complexity index is 654. The summed E-state index contributed by atoms with van der Waals surface area (Å²) < 4.78 is 4.21. The second kappa shape index (κ2) is 7.49. The minimum Gasteiger partial charge on any atom is -0.303 e. The summed E-state index contributed by atoms with van der Waals surface area (Å²) in [4.78, 5) is 5.07. The maximum atomic E-state index is 4.54. The van der Waals surface area contributed by atoms with Crippen molar-refractivity contribution >= 4 is 0 Å². The Morgan fingerprint density at radius 2 is 2.04 bits per heavy atom. The second-order valence-electron chi connectivity index (χ2n) is 6.93. The maximum absolute atomic E-state index is 4.54. The molecule has 24 heavy (non-hydrogen) atoms. The van der Waals surface area contributed by atoms with Gasteiger partial charge in [0.25, 0.3) is 0 Å². The van der Waals surface area contributed by atoms with Crippen molar-refractivity contribution in [1.29, 1.82) is 0 Å². The van der Waals surface area contributed by atoms with Gasteiger partial charge in [-0.2, -0.15) is 10.2 Å². The third kappa shape index (κ3) is 3.87. The van der Waals surface area contributed by atoms with E-state index in [1.165, 1.54) is 11.4 Å². The highest BCUT2D eigenvalue weighted by atomic mass is 15.3. The average Bonchev–Trinajstić information content (AvgIpc) is 3.06. The van der Waals surface area contributed by atoms with Crippen LogP contribution in [-0.2, 0) is 26.7 Å². The highest BCUT2D eigenvalue weighted by Crippen LogP contribution is 2.19. The fraction of sp³-hybridized carbons (Fsp3) is 0.667. The van der Waals surface area contributed by atoms with Crippen LogP contribution in [0, 0.1) is 12.8 Å². The minimum atomic E-state index is 0.598. The molecule has 1 atom stereocenters. The molecule has 6 heteroatoms. The van der Waals surface area contributed by atoms with Gasteiger partial charge >= 0.3 is 0 Å². The first-order valence-corrected chi connectivity index (χ1v) is 9.04. The van der Waals surface area contributed by atoms with Crippen molar-refractivity contribution in [2.75, 3.05) is 26.2 Å². The predicted molar refractivity (Wildman–Crippen MR) is 95.6 cm³/mol. The molecule has 6 nitrogen and oxygen atoms in total. The first-order valence-electron chi connectivity index (χ1n) is 9.04. The summed E-state index contributed by atoms with van der Waals surface area (Å²) >= 11 is 0. The SMILES string of the molecule is CCN(CC)C[C@@H]1CN(Cc2cc(C)nn2C)Cc2ccnn2C1. The topological polar surface area (TPSA) is 42.1 Å². The van der Waals surface area contributed by atoms with E-state index in [1.807, 2.05) is 17.9 Å². The number of aromatic nitrogens is 4. The van der Waals surface area contributed by atoms with Crippen molar-refractivity contribution in [3.63, 3.8) is 0 Å². The van der Waals surface area contributed by atoms with Gasteiger partial charge < -0.3 is 4.90 Å². The van der Waals surface area contributed by atoms with Crippen molar-refractivity contribution in [2.24, 2.45) is 13.0 Å². The van der Waals surface area contributed by atoms with Crippen LogP contribution in [-0.4, -0.2) is 55.5 Å². The highest BCUT2D eigenvalue weighted by molar-refractivity contribution is 5.09. The van der Waals surface area contributed by atoms with Gasteiger partial charge in [-0.3, -0.25) is 14.3 Å². The summed E-state index contributed by atoms with van der Waals surface area (Å²) in [5, 5.41) is 9.04. The zero-order chi connectivity index (χ0) is 17.1. The molecule has 3 rings (SSSR count). The number of nitrogens with zero attached hydrogens (tertiary/aromatic N) is 6. The Hall–Kier alpha value is -1.66. The first-order chi connectivity index (χ1) is 11.6. The van der Waals surface area contributed by atoms with Crippen LogP contribution < -0.4 is 0 Å². The molecular weight excluding hydrogens is 300 g/mol. The summed E-state index contributed by atoms with van der Waals surface area (Å²) in [6, 6.07) is 4.35. The molecule has 0 unspecified atom stereocenters. The molecular formula is C18H30N6. The van der Waals surface area contributed by atoms with Crippen molar-refractivity contribution in [1.82, 2.24) is 29.4 Å². The molecule has 2 aromatic rings. The molecule has 1 aliphatic rings. The molecule has 0 spiro atoms. The van der Waals surface area contributed by atoms with Crippen LogP contribution in [0.15, 0.2) is 18.3 Å². The van der Waals surface area contributed by atoms with E-state index in [0.717, 1.165) is 51.5 Å². The van der Waals surface area contributed by atoms with Gasteiger partial charge in [0.2, 0.25) is 0 Å². The normalized spacial score (nSPS) is 18.8. The fourth-order valence-electron chi connectivity index (χ4n) is 3.74. The lowest BCUT2D eigenvalue weighted by atomic mass is 10.1. The Labute approximate surface area is 145 Å². The molecule has 0 fully saturated rings. The Morgan fingerprint density at radius 3 is 2.71 bits per heavy atom. The lowest BCUT2D eigenvalue weighted by Crippen LogP contribution is -2.36. The number of fused-ring (bicyclic) bond motifs is 1. The van der Waals surface area contributed by atoms with Crippen molar-refractivity contribution in [3.05, 3.63) is 35.4 Å². The molecule has 3 heterocycles. The summed E-state index contributed by atoms with van der Waals surface area (Å²) in [7, 11) is 2.04. The lowest BCUT2D eigenvalue weighted by Gasteiger charge is -2.28. The number of hydrogen-bond acceptors (Lipinski definition) is 4. The molecule has 132 valence electrons. The maximum Gasteiger partial charge on any atom is 0.0597 e. The van der Waals surface area contributed by atoms with Crippen LogP contribution in [0.5, 0.6) is 0 Å². The van der Waals surface area contributed by atoms with Gasteiger partial charge in [0.15, 0.2) is 0 Å². The molecule has 0 amide bonds. The quantitative estimate of drug-likeness (QED) is 0.811.